The van der Waals surface area contributed by atoms with Gasteiger partial charge in [0, 0.05) is 200 Å². The van der Waals surface area contributed by atoms with Crippen LogP contribution in [-0.4, -0.2) is 123 Å². The van der Waals surface area contributed by atoms with E-state index in [-0.39, 0.29) is 52.0 Å². The van der Waals surface area contributed by atoms with Gasteiger partial charge < -0.3 is 39.2 Å². The summed E-state index contributed by atoms with van der Waals surface area (Å²) in [6.45, 7) is 15.3. The normalized spacial score (nSPS) is 10.6. The standard InChI is InChI=1S/2C18H19N4.C14H16N5S.C13H19N6S.2C13H17N4S.C12H16N5S.7CH4/c1-21(2)16-11-9-15(10-12-16)19-20-18-13-8-14-6-4-5-7-17(14)22(18)3;1-21(2)15-10-8-14(9-11-15)19-20-17-12-13-22(3)18-7-5-4-6-16(17)18;1-10-9-20-14(19(10)5)17-16-12-7-6-11(18(3)4)8-13(12)15-2;1-17(2)11-8-6-10(7-9-11)14-15-12-19(5)16-13(20-12)18(3)4;1-10-9-18-13(17(10)4)15-14-11-5-7-12(8-6-11)16(2)3;1-10-9-13(18-17(10)4)15-14-11-5-7-12(8-6-11)16(2)3;1-9-15-17(4)12(18-9)14-13-10-5-7-11(8-6-10)16(2)3;;;;;;;/h2*4-13H,1-3H3;6-9H,1,3-5H3;6-9H,1-5H3;2*5-9H,1-4H3;5-8H,1-4H3;7*1H4/q7*+1;;;;;;;. The zero-order valence-electron chi connectivity index (χ0n) is 83.6. The summed E-state index contributed by atoms with van der Waals surface area (Å²) >= 11 is 7.75. The number of benzene rings is 9. The number of hydrogen-bond donors (Lipinski definition) is 0. The van der Waals surface area contributed by atoms with Gasteiger partial charge in [-0.1, -0.05) is 92.5 Å². The van der Waals surface area contributed by atoms with Crippen LogP contribution in [0.4, 0.5) is 127 Å². The number of anilines is 8. The van der Waals surface area contributed by atoms with Gasteiger partial charge in [-0.05, 0) is 274 Å². The Morgan fingerprint density at radius 1 is 0.303 bits per heavy atom. The highest BCUT2D eigenvalue weighted by Gasteiger charge is 2.21. The summed E-state index contributed by atoms with van der Waals surface area (Å²) in [5.74, 6) is 0.829. The first-order chi connectivity index (χ1) is 66.0. The second-order valence-electron chi connectivity index (χ2n) is 33.0. The fraction of sp³-hybridized carbons (Fsp3) is 0.315. The van der Waals surface area contributed by atoms with Gasteiger partial charge in [-0.25, -0.2) is 23.1 Å². The van der Waals surface area contributed by atoms with Crippen molar-refractivity contribution in [3.8, 4) is 0 Å². The molecule has 37 heteroatoms. The molecule has 0 atom stereocenters. The van der Waals surface area contributed by atoms with Gasteiger partial charge in [0.05, 0.1) is 70.0 Å². The van der Waals surface area contributed by atoms with Crippen molar-refractivity contribution in [2.24, 2.45) is 121 Å². The van der Waals surface area contributed by atoms with Crippen molar-refractivity contribution in [2.45, 2.75) is 79.7 Å². The Bertz CT molecular complexity index is 6840. The van der Waals surface area contributed by atoms with E-state index in [9.17, 15) is 0 Å². The van der Waals surface area contributed by atoms with E-state index in [2.05, 4.69) is 164 Å². The highest BCUT2D eigenvalue weighted by molar-refractivity contribution is 7.18. The van der Waals surface area contributed by atoms with Crippen LogP contribution in [-0.2, 0) is 49.3 Å². The number of aryl methyl sites for hydroxylation is 9. The van der Waals surface area contributed by atoms with Crippen LogP contribution in [0.5, 0.6) is 0 Å². The highest BCUT2D eigenvalue weighted by atomic mass is 32.1. The van der Waals surface area contributed by atoms with Crippen LogP contribution < -0.4 is 70.8 Å². The highest BCUT2D eigenvalue weighted by Crippen LogP contribution is 2.36. The second-order valence-corrected chi connectivity index (χ2v) is 38.0. The molecule has 0 aliphatic rings. The average Bonchev–Trinajstić information content (AvgIpc) is 1.68. The number of nitrogens with zero attached hydrogens (tertiary/aromatic N) is 32. The van der Waals surface area contributed by atoms with Crippen molar-refractivity contribution < 1.29 is 31.6 Å². The predicted octanol–water partition coefficient (Wildman–Crippen LogP) is 28.7. The summed E-state index contributed by atoms with van der Waals surface area (Å²) in [5.41, 5.74) is 20.8. The van der Waals surface area contributed by atoms with E-state index >= 15 is 0 Å². The molecular weight excluding hydrogens is 1910 g/mol. The molecule has 7 aromatic heterocycles. The minimum Gasteiger partial charge on any atom is -0.379 e. The largest absolute Gasteiger partial charge is 0.431 e. The first-order valence-electron chi connectivity index (χ1n) is 43.7. The molecular formula is C108H151N32S5+7. The average molecular weight is 2060 g/mol. The molecule has 0 saturated heterocycles. The smallest absolute Gasteiger partial charge is 0.379 e. The lowest BCUT2D eigenvalue weighted by Gasteiger charge is -2.12. The maximum atomic E-state index is 7.25. The molecule has 0 aliphatic heterocycles. The number of hydrogen-bond acceptors (Lipinski definition) is 29. The van der Waals surface area contributed by atoms with E-state index in [1.807, 2.05) is 427 Å². The van der Waals surface area contributed by atoms with E-state index in [4.69, 9.17) is 6.57 Å². The summed E-state index contributed by atoms with van der Waals surface area (Å²) in [4.78, 5) is 19.8. The number of rotatable bonds is 22. The molecule has 0 amide bonds. The van der Waals surface area contributed by atoms with Crippen LogP contribution in [0.15, 0.2) is 325 Å². The number of pyridine rings is 2. The SMILES string of the molecule is C.C.C.C.C.C.C.CN(C)c1ccc(N=Nc2cc[n+](C)c3ccccc23)cc1.CN(C)c1ccc(N=Nc2ccc3ccccc3[n+]2C)cc1.CN(C)c1ccc(N=Nc2sc(N(C)C)n[n+]2C)cc1.Cc1cc(N=Nc2ccc(N(C)C)cc2)s[n+]1C.Cc1csc(N=Nc2ccc(N(C)C)cc2)[n+]1C.Cc1n[n+](C)c(N=Nc2ccc(N(C)C)cc2)s1.[C-]#[N+]c1cc(N(C)C)ccc1N=Nc1scc(C)[n+]1C. The Kier molecular flexibility index (Phi) is 51.6. The molecule has 0 bridgehead atoms. The molecule has 9 aromatic carbocycles. The van der Waals surface area contributed by atoms with Crippen molar-refractivity contribution in [1.29, 1.82) is 0 Å². The summed E-state index contributed by atoms with van der Waals surface area (Å²) in [6, 6.07) is 78.1. The monoisotopic (exact) mass is 2060 g/mol. The lowest BCUT2D eigenvalue weighted by molar-refractivity contribution is -0.714. The van der Waals surface area contributed by atoms with Gasteiger partial charge in [-0.3, -0.25) is 0 Å². The predicted molar refractivity (Wildman–Crippen MR) is 615 cm³/mol. The summed E-state index contributed by atoms with van der Waals surface area (Å²) in [6.07, 6.45) is 2.01. The molecule has 0 aliphatic carbocycles. The van der Waals surface area contributed by atoms with Crippen molar-refractivity contribution in [2.75, 3.05) is 152 Å². The van der Waals surface area contributed by atoms with Gasteiger partial charge in [-0.2, -0.15) is 5.11 Å². The Morgan fingerprint density at radius 3 is 1.02 bits per heavy atom. The van der Waals surface area contributed by atoms with Gasteiger partial charge in [0.2, 0.25) is 21.3 Å². The van der Waals surface area contributed by atoms with Gasteiger partial charge >= 0.3 is 26.3 Å². The third-order valence-corrected chi connectivity index (χ3v) is 26.0. The van der Waals surface area contributed by atoms with Gasteiger partial charge in [0.1, 0.15) is 77.2 Å². The Balaban J connectivity index is 0.000000432. The molecule has 0 unspecified atom stereocenters. The number of para-hydroxylation sites is 2. The zero-order valence-corrected chi connectivity index (χ0v) is 87.7. The lowest BCUT2D eigenvalue weighted by Crippen LogP contribution is -2.30. The minimum atomic E-state index is 0. The topological polar surface area (TPSA) is 256 Å². The zero-order chi connectivity index (χ0) is 99.8. The van der Waals surface area contributed by atoms with Crippen LogP contribution in [0, 0.1) is 34.3 Å². The molecule has 0 fully saturated rings. The van der Waals surface area contributed by atoms with Crippen molar-refractivity contribution in [3.05, 3.63) is 287 Å². The number of azo groups is 7. The van der Waals surface area contributed by atoms with Crippen LogP contribution in [0.2, 0.25) is 0 Å². The summed E-state index contributed by atoms with van der Waals surface area (Å²) in [5, 5.41) is 80.9. The summed E-state index contributed by atoms with van der Waals surface area (Å²) in [7, 11) is 45.7. The minimum absolute atomic E-state index is 0. The lowest BCUT2D eigenvalue weighted by atomic mass is 10.2. The second kappa shape index (κ2) is 60.4. The van der Waals surface area contributed by atoms with Crippen LogP contribution in [0.1, 0.15) is 74.1 Å². The van der Waals surface area contributed by atoms with Crippen molar-refractivity contribution >= 4 is 206 Å². The number of fused-ring (bicyclic) bond motifs is 2. The van der Waals surface area contributed by atoms with Crippen LogP contribution in [0.25, 0.3) is 26.7 Å². The van der Waals surface area contributed by atoms with Crippen LogP contribution in [0.3, 0.4) is 0 Å². The molecule has 145 heavy (non-hydrogen) atoms. The van der Waals surface area contributed by atoms with E-state index in [0.29, 0.717) is 11.4 Å². The Labute approximate surface area is 881 Å². The first-order valence-corrected chi connectivity index (χ1v) is 47.9. The molecule has 16 rings (SSSR count). The maximum absolute atomic E-state index is 7.25. The quantitative estimate of drug-likeness (QED) is 0.0352. The fourth-order valence-electron chi connectivity index (χ4n) is 12.3. The molecule has 7 heterocycles. The Morgan fingerprint density at radius 2 is 0.655 bits per heavy atom. The Hall–Kier alpha value is -15.1. The van der Waals surface area contributed by atoms with Gasteiger partial charge in [-0.15, -0.1) is 28.7 Å². The van der Waals surface area contributed by atoms with E-state index in [0.717, 1.165) is 143 Å². The third-order valence-electron chi connectivity index (χ3n) is 20.9. The van der Waals surface area contributed by atoms with Gasteiger partial charge in [0.15, 0.2) is 30.5 Å². The van der Waals surface area contributed by atoms with Crippen molar-refractivity contribution in [1.82, 2.24) is 10.2 Å². The van der Waals surface area contributed by atoms with E-state index in [1.54, 1.807) is 32.2 Å². The first kappa shape index (κ1) is 124. The van der Waals surface area contributed by atoms with Crippen LogP contribution >= 0.6 is 56.9 Å². The molecule has 0 radical (unpaired) electrons. The van der Waals surface area contributed by atoms with Gasteiger partial charge in [0.25, 0.3) is 0 Å². The van der Waals surface area contributed by atoms with E-state index in [1.165, 1.54) is 50.8 Å². The maximum Gasteiger partial charge on any atom is 0.431 e. The number of aromatic nitrogens is 9. The molecule has 32 nitrogen and oxygen atoms in total. The molecule has 16 aromatic rings. The number of thiazole rings is 2. The molecule has 0 saturated carbocycles. The molecule has 0 spiro atoms. The third kappa shape index (κ3) is 37.0. The molecule has 766 valence electrons. The molecule has 0 N–H and O–H groups in total. The fourth-order valence-corrected chi connectivity index (χ4v) is 16.1. The van der Waals surface area contributed by atoms with E-state index < -0.39 is 0 Å². The summed E-state index contributed by atoms with van der Waals surface area (Å²) < 4.78 is 13.7. The van der Waals surface area contributed by atoms with Crippen molar-refractivity contribution in [3.63, 3.8) is 0 Å².